The molecular formula is C20H32BN2O7-. The summed E-state index contributed by atoms with van der Waals surface area (Å²) < 4.78 is 12.0. The SMILES string of the molecule is C[N-]C[C@H](O)[C@H]1OB(c2c(C)c(C)c(CC(N)C(=O)O)c(C)c2C)O[C@@H]1[C@H](O)CO. The minimum absolute atomic E-state index is 0.109. The lowest BCUT2D eigenvalue weighted by molar-refractivity contribution is -0.138. The van der Waals surface area contributed by atoms with Crippen LogP contribution >= 0.6 is 0 Å². The minimum atomic E-state index is -1.22. The van der Waals surface area contributed by atoms with Crippen molar-refractivity contribution < 1.29 is 34.5 Å². The van der Waals surface area contributed by atoms with E-state index in [4.69, 9.17) is 15.0 Å². The van der Waals surface area contributed by atoms with Gasteiger partial charge in [-0.05, 0) is 67.4 Å². The Balaban J connectivity index is 2.44. The molecular weight excluding hydrogens is 391 g/mol. The van der Waals surface area contributed by atoms with Crippen LogP contribution in [0.25, 0.3) is 5.32 Å². The molecule has 0 aliphatic carbocycles. The fourth-order valence-corrected chi connectivity index (χ4v) is 4.01. The van der Waals surface area contributed by atoms with E-state index in [0.717, 1.165) is 33.3 Å². The van der Waals surface area contributed by atoms with E-state index in [2.05, 4.69) is 5.32 Å². The van der Waals surface area contributed by atoms with Crippen molar-refractivity contribution in [2.75, 3.05) is 20.2 Å². The van der Waals surface area contributed by atoms with Gasteiger partial charge in [0.2, 0.25) is 0 Å². The van der Waals surface area contributed by atoms with Gasteiger partial charge in [-0.15, -0.1) is 6.54 Å². The maximum Gasteiger partial charge on any atom is 0.495 e. The van der Waals surface area contributed by atoms with Crippen LogP contribution < -0.4 is 11.2 Å². The van der Waals surface area contributed by atoms with Crippen LogP contribution in [0.1, 0.15) is 27.8 Å². The molecule has 0 aromatic heterocycles. The van der Waals surface area contributed by atoms with Crippen LogP contribution in [0.5, 0.6) is 0 Å². The summed E-state index contributed by atoms with van der Waals surface area (Å²) in [6, 6.07) is -1.01. The maximum atomic E-state index is 11.2. The minimum Gasteiger partial charge on any atom is -0.663 e. The van der Waals surface area contributed by atoms with Gasteiger partial charge in [0.15, 0.2) is 0 Å². The van der Waals surface area contributed by atoms with Crippen molar-refractivity contribution >= 4 is 18.6 Å². The van der Waals surface area contributed by atoms with Crippen molar-refractivity contribution in [2.24, 2.45) is 5.73 Å². The first kappa shape index (κ1) is 24.7. The molecule has 1 fully saturated rings. The number of aliphatic hydroxyl groups is 3. The highest BCUT2D eigenvalue weighted by atomic mass is 16.7. The first-order valence-corrected chi connectivity index (χ1v) is 9.96. The number of hydrogen-bond acceptors (Lipinski definition) is 7. The first-order valence-electron chi connectivity index (χ1n) is 9.96. The average molecular weight is 423 g/mol. The Morgan fingerprint density at radius 2 is 1.57 bits per heavy atom. The quantitative estimate of drug-likeness (QED) is 0.319. The Morgan fingerprint density at radius 3 is 2.00 bits per heavy atom. The Morgan fingerprint density at radius 1 is 1.07 bits per heavy atom. The number of likely N-dealkylation sites (N-methyl/N-ethyl adjacent to an activating group) is 1. The molecule has 0 radical (unpaired) electrons. The Hall–Kier alpha value is -1.53. The number of carboxylic acid groups (broad SMARTS) is 1. The molecule has 30 heavy (non-hydrogen) atoms. The highest BCUT2D eigenvalue weighted by molar-refractivity contribution is 6.63. The van der Waals surface area contributed by atoms with Gasteiger partial charge >= 0.3 is 13.1 Å². The number of aliphatic hydroxyl groups excluding tert-OH is 3. The van der Waals surface area contributed by atoms with Gasteiger partial charge in [0.05, 0.1) is 24.9 Å². The van der Waals surface area contributed by atoms with Crippen LogP contribution in [0.2, 0.25) is 0 Å². The number of nitrogens with two attached hydrogens (primary N) is 1. The van der Waals surface area contributed by atoms with Gasteiger partial charge < -0.3 is 40.8 Å². The summed E-state index contributed by atoms with van der Waals surface area (Å²) in [6.07, 6.45) is -3.80. The van der Waals surface area contributed by atoms with Crippen LogP contribution in [0.15, 0.2) is 0 Å². The van der Waals surface area contributed by atoms with E-state index >= 15 is 0 Å². The normalized spacial score (nSPS) is 22.2. The molecule has 9 nitrogen and oxygen atoms in total. The Kier molecular flexibility index (Phi) is 8.40. The van der Waals surface area contributed by atoms with Crippen LogP contribution in [0, 0.1) is 27.7 Å². The summed E-state index contributed by atoms with van der Waals surface area (Å²) in [4.78, 5) is 11.2. The zero-order valence-electron chi connectivity index (χ0n) is 18.1. The monoisotopic (exact) mass is 423 g/mol. The summed E-state index contributed by atoms with van der Waals surface area (Å²) in [5.74, 6) is -1.06. The molecule has 1 saturated heterocycles. The van der Waals surface area contributed by atoms with Gasteiger partial charge in [0, 0.05) is 0 Å². The predicted molar refractivity (Wildman–Crippen MR) is 113 cm³/mol. The fourth-order valence-electron chi connectivity index (χ4n) is 4.01. The van der Waals surface area contributed by atoms with Crippen molar-refractivity contribution in [3.8, 4) is 0 Å². The highest BCUT2D eigenvalue weighted by Gasteiger charge is 2.47. The van der Waals surface area contributed by atoms with E-state index in [0.29, 0.717) is 0 Å². The van der Waals surface area contributed by atoms with Crippen molar-refractivity contribution in [3.05, 3.63) is 33.1 Å². The summed E-state index contributed by atoms with van der Waals surface area (Å²) in [5, 5.41) is 43.1. The third kappa shape index (κ3) is 4.86. The lowest BCUT2D eigenvalue weighted by atomic mass is 9.70. The molecule has 2 rings (SSSR count). The number of nitrogens with zero attached hydrogens (tertiary/aromatic N) is 1. The lowest BCUT2D eigenvalue weighted by Gasteiger charge is -2.29. The number of aliphatic carboxylic acids is 1. The molecule has 1 aliphatic rings. The second kappa shape index (κ2) is 10.2. The van der Waals surface area contributed by atoms with Crippen LogP contribution in [0.4, 0.5) is 0 Å². The summed E-state index contributed by atoms with van der Waals surface area (Å²) in [6.45, 7) is 7.15. The van der Waals surface area contributed by atoms with E-state index in [9.17, 15) is 25.2 Å². The molecule has 1 aliphatic heterocycles. The molecule has 168 valence electrons. The van der Waals surface area contributed by atoms with Crippen LogP contribution in [-0.4, -0.2) is 84.2 Å². The summed E-state index contributed by atoms with van der Waals surface area (Å²) in [5.41, 5.74) is 10.9. The van der Waals surface area contributed by atoms with Crippen LogP contribution in [-0.2, 0) is 20.5 Å². The van der Waals surface area contributed by atoms with Gasteiger partial charge in [0.1, 0.15) is 12.1 Å². The molecule has 1 aromatic carbocycles. The van der Waals surface area contributed by atoms with E-state index in [1.54, 1.807) is 7.05 Å². The Labute approximate surface area is 177 Å². The largest absolute Gasteiger partial charge is 0.663 e. The fraction of sp³-hybridized carbons (Fsp3) is 0.650. The zero-order chi connectivity index (χ0) is 22.7. The number of carboxylic acids is 1. The van der Waals surface area contributed by atoms with E-state index < -0.39 is 50.2 Å². The third-order valence-electron chi connectivity index (χ3n) is 6.02. The van der Waals surface area contributed by atoms with Crippen LogP contribution in [0.3, 0.4) is 0 Å². The molecule has 1 unspecified atom stereocenters. The Bertz CT molecular complexity index is 747. The lowest BCUT2D eigenvalue weighted by Crippen LogP contribution is -2.44. The van der Waals surface area contributed by atoms with E-state index in [-0.39, 0.29) is 13.0 Å². The average Bonchev–Trinajstić information content (AvgIpc) is 3.14. The van der Waals surface area contributed by atoms with Crippen molar-refractivity contribution in [1.29, 1.82) is 0 Å². The number of rotatable bonds is 9. The van der Waals surface area contributed by atoms with Gasteiger partial charge in [-0.25, -0.2) is 0 Å². The predicted octanol–water partition coefficient (Wildman–Crippen LogP) is -0.929. The highest BCUT2D eigenvalue weighted by Crippen LogP contribution is 2.28. The van der Waals surface area contributed by atoms with E-state index in [1.165, 1.54) is 0 Å². The number of benzene rings is 1. The van der Waals surface area contributed by atoms with Crippen molar-refractivity contribution in [3.63, 3.8) is 0 Å². The molecule has 5 atom stereocenters. The zero-order valence-corrected chi connectivity index (χ0v) is 18.1. The molecule has 0 spiro atoms. The van der Waals surface area contributed by atoms with Gasteiger partial charge in [-0.1, -0.05) is 0 Å². The van der Waals surface area contributed by atoms with Gasteiger partial charge in [-0.2, -0.15) is 7.05 Å². The number of hydrogen-bond donors (Lipinski definition) is 5. The smallest absolute Gasteiger partial charge is 0.495 e. The second-order valence-corrected chi connectivity index (χ2v) is 7.89. The summed E-state index contributed by atoms with van der Waals surface area (Å²) >= 11 is 0. The molecule has 10 heteroatoms. The molecule has 1 heterocycles. The van der Waals surface area contributed by atoms with Gasteiger partial charge in [0.25, 0.3) is 0 Å². The molecule has 0 saturated carbocycles. The molecule has 0 amide bonds. The maximum absolute atomic E-state index is 11.2. The van der Waals surface area contributed by atoms with Crippen molar-refractivity contribution in [1.82, 2.24) is 0 Å². The number of carbonyl (C=O) groups is 1. The van der Waals surface area contributed by atoms with Crippen molar-refractivity contribution in [2.45, 2.75) is 64.6 Å². The van der Waals surface area contributed by atoms with Gasteiger partial charge in [-0.3, -0.25) is 4.79 Å². The topological polar surface area (TPSA) is 157 Å². The molecule has 6 N–H and O–H groups in total. The molecule has 1 aromatic rings. The second-order valence-electron chi connectivity index (χ2n) is 7.89. The third-order valence-corrected chi connectivity index (χ3v) is 6.02. The standard InChI is InChI=1S/C20H32BN2O7/c1-9-11(3)17(12(4)10(2)13(9)6-14(22)20(27)28)21-29-18(15(25)7-23-5)19(30-21)16(26)8-24/h14-16,18-19,24-26H,6-8,22H2,1-5H3,(H,27,28)/q-1/t14?,15-,16+,18+,19+/m0/s1. The first-order chi connectivity index (χ1) is 14.0. The van der Waals surface area contributed by atoms with E-state index in [1.807, 2.05) is 27.7 Å². The summed E-state index contributed by atoms with van der Waals surface area (Å²) in [7, 11) is 0.711. The molecule has 0 bridgehead atoms.